The highest BCUT2D eigenvalue weighted by molar-refractivity contribution is 7.62. The Hall–Kier alpha value is -1.74. The highest BCUT2D eigenvalue weighted by atomic mass is 31.2. The number of rotatable bonds is 3. The second kappa shape index (κ2) is 4.98. The lowest BCUT2D eigenvalue weighted by atomic mass is 10.1. The van der Waals surface area contributed by atoms with Crippen molar-refractivity contribution in [3.05, 3.63) is 48.5 Å². The molecule has 0 atom stereocenters. The quantitative estimate of drug-likeness (QED) is 0.546. The van der Waals surface area contributed by atoms with E-state index in [1.165, 1.54) is 14.2 Å². The van der Waals surface area contributed by atoms with Gasteiger partial charge in [0.25, 0.3) is 0 Å². The minimum absolute atomic E-state index is 0.358. The fourth-order valence-electron chi connectivity index (χ4n) is 2.34. The van der Waals surface area contributed by atoms with Crippen molar-refractivity contribution in [1.29, 1.82) is 0 Å². The first kappa shape index (κ1) is 13.3. The van der Waals surface area contributed by atoms with E-state index >= 15 is 0 Å². The van der Waals surface area contributed by atoms with E-state index < -0.39 is 7.60 Å². The van der Waals surface area contributed by atoms with Gasteiger partial charge in [-0.3, -0.25) is 4.57 Å². The maximum absolute atomic E-state index is 12.7. The van der Waals surface area contributed by atoms with Crippen LogP contribution in [0, 0.1) is 0 Å². The monoisotopic (exact) mass is 287 g/mol. The van der Waals surface area contributed by atoms with Crippen molar-refractivity contribution < 1.29 is 13.6 Å². The molecule has 0 bridgehead atoms. The summed E-state index contributed by atoms with van der Waals surface area (Å²) in [5.41, 5.74) is 1.13. The molecule has 0 spiro atoms. The van der Waals surface area contributed by atoms with Gasteiger partial charge in [-0.15, -0.1) is 0 Å². The molecule has 0 unspecified atom stereocenters. The fraction of sp³-hybridized carbons (Fsp3) is 0.133. The van der Waals surface area contributed by atoms with Crippen LogP contribution in [0.15, 0.2) is 48.5 Å². The van der Waals surface area contributed by atoms with Gasteiger partial charge in [-0.2, -0.15) is 0 Å². The average molecular weight is 287 g/mol. The van der Waals surface area contributed by atoms with Crippen LogP contribution in [-0.2, 0) is 13.6 Å². The SMILES string of the molecule is COP(=O)(OC)c1nc2ccccc2c2ccccc12. The van der Waals surface area contributed by atoms with Crippen LogP contribution in [0.25, 0.3) is 21.7 Å². The lowest BCUT2D eigenvalue weighted by molar-refractivity contribution is 0.287. The van der Waals surface area contributed by atoms with Crippen molar-refractivity contribution in [3.8, 4) is 0 Å². The van der Waals surface area contributed by atoms with Gasteiger partial charge >= 0.3 is 7.60 Å². The summed E-state index contributed by atoms with van der Waals surface area (Å²) in [5, 5.41) is 2.80. The fourth-order valence-corrected chi connectivity index (χ4v) is 3.56. The molecule has 0 fully saturated rings. The zero-order valence-corrected chi connectivity index (χ0v) is 12.1. The summed E-state index contributed by atoms with van der Waals surface area (Å²) in [6, 6.07) is 15.5. The molecule has 0 radical (unpaired) electrons. The number of aromatic nitrogens is 1. The first-order chi connectivity index (χ1) is 9.69. The molecule has 1 aromatic heterocycles. The Kier molecular flexibility index (Phi) is 3.30. The van der Waals surface area contributed by atoms with Gasteiger partial charge in [0.15, 0.2) is 5.44 Å². The minimum atomic E-state index is -3.39. The molecular formula is C15H14NO3P. The summed E-state index contributed by atoms with van der Waals surface area (Å²) in [7, 11) is -0.653. The summed E-state index contributed by atoms with van der Waals surface area (Å²) in [4.78, 5) is 4.50. The molecule has 3 aromatic rings. The number of para-hydroxylation sites is 1. The molecule has 0 aliphatic carbocycles. The highest BCUT2D eigenvalue weighted by Crippen LogP contribution is 2.46. The van der Waals surface area contributed by atoms with Crippen molar-refractivity contribution in [2.24, 2.45) is 0 Å². The largest absolute Gasteiger partial charge is 0.379 e. The molecule has 0 aliphatic rings. The smallest absolute Gasteiger partial charge is 0.307 e. The van der Waals surface area contributed by atoms with Crippen LogP contribution in [-0.4, -0.2) is 19.2 Å². The average Bonchev–Trinajstić information content (AvgIpc) is 2.53. The molecule has 1 heterocycles. The van der Waals surface area contributed by atoms with Crippen LogP contribution in [0.5, 0.6) is 0 Å². The molecule has 2 aromatic carbocycles. The Morgan fingerprint density at radius 1 is 0.850 bits per heavy atom. The summed E-state index contributed by atoms with van der Waals surface area (Å²) in [6.45, 7) is 0. The van der Waals surface area contributed by atoms with Gasteiger partial charge in [-0.1, -0.05) is 42.5 Å². The number of fused-ring (bicyclic) bond motifs is 3. The first-order valence-electron chi connectivity index (χ1n) is 6.19. The Labute approximate surface area is 116 Å². The van der Waals surface area contributed by atoms with Crippen molar-refractivity contribution in [1.82, 2.24) is 4.98 Å². The highest BCUT2D eigenvalue weighted by Gasteiger charge is 2.29. The van der Waals surface area contributed by atoms with Crippen LogP contribution in [0.1, 0.15) is 0 Å². The molecule has 20 heavy (non-hydrogen) atoms. The van der Waals surface area contributed by atoms with E-state index in [0.717, 1.165) is 21.7 Å². The molecule has 3 rings (SSSR count). The normalized spacial score (nSPS) is 12.1. The molecule has 5 heteroatoms. The number of hydrogen-bond acceptors (Lipinski definition) is 4. The van der Waals surface area contributed by atoms with E-state index in [1.54, 1.807) is 0 Å². The van der Waals surface area contributed by atoms with Gasteiger partial charge in [0.1, 0.15) is 0 Å². The van der Waals surface area contributed by atoms with Crippen LogP contribution in [0.3, 0.4) is 0 Å². The van der Waals surface area contributed by atoms with E-state index in [-0.39, 0.29) is 0 Å². The summed E-state index contributed by atoms with van der Waals surface area (Å²) in [5.74, 6) is 0. The predicted molar refractivity (Wildman–Crippen MR) is 80.5 cm³/mol. The van der Waals surface area contributed by atoms with Crippen LogP contribution >= 0.6 is 7.60 Å². The molecule has 102 valence electrons. The third-order valence-electron chi connectivity index (χ3n) is 3.33. The standard InChI is InChI=1S/C15H14NO3P/c1-18-20(17,19-2)15-13-9-4-3-7-11(13)12-8-5-6-10-14(12)16-15/h3-10H,1-2H3. The molecule has 0 N–H and O–H groups in total. The number of benzene rings is 2. The summed E-state index contributed by atoms with van der Waals surface area (Å²) in [6.07, 6.45) is 0. The van der Waals surface area contributed by atoms with E-state index in [0.29, 0.717) is 5.44 Å². The maximum atomic E-state index is 12.7. The van der Waals surface area contributed by atoms with Crippen LogP contribution in [0.4, 0.5) is 0 Å². The molecule has 0 saturated heterocycles. The van der Waals surface area contributed by atoms with Gasteiger partial charge in [0.2, 0.25) is 0 Å². The third-order valence-corrected chi connectivity index (χ3v) is 5.15. The van der Waals surface area contributed by atoms with Crippen molar-refractivity contribution in [3.63, 3.8) is 0 Å². The lowest BCUT2D eigenvalue weighted by Crippen LogP contribution is -2.14. The Morgan fingerprint density at radius 2 is 1.40 bits per heavy atom. The van der Waals surface area contributed by atoms with Gasteiger partial charge in [-0.05, 0) is 11.5 Å². The maximum Gasteiger partial charge on any atom is 0.379 e. The molecular weight excluding hydrogens is 273 g/mol. The van der Waals surface area contributed by atoms with Gasteiger partial charge in [-0.25, -0.2) is 4.98 Å². The van der Waals surface area contributed by atoms with Crippen molar-refractivity contribution in [2.75, 3.05) is 14.2 Å². The lowest BCUT2D eigenvalue weighted by Gasteiger charge is -2.16. The first-order valence-corrected chi connectivity index (χ1v) is 7.73. The summed E-state index contributed by atoms with van der Waals surface area (Å²) >= 11 is 0. The Morgan fingerprint density at radius 3 is 2.05 bits per heavy atom. The Balaban J connectivity index is 2.50. The number of nitrogens with zero attached hydrogens (tertiary/aromatic N) is 1. The second-order valence-corrected chi connectivity index (χ2v) is 6.51. The van der Waals surface area contributed by atoms with E-state index in [4.69, 9.17) is 9.05 Å². The topological polar surface area (TPSA) is 48.4 Å². The summed E-state index contributed by atoms with van der Waals surface area (Å²) < 4.78 is 22.9. The van der Waals surface area contributed by atoms with Gasteiger partial charge in [0, 0.05) is 25.0 Å². The molecule has 4 nitrogen and oxygen atoms in total. The van der Waals surface area contributed by atoms with Crippen molar-refractivity contribution >= 4 is 34.7 Å². The number of pyridine rings is 1. The van der Waals surface area contributed by atoms with Gasteiger partial charge < -0.3 is 9.05 Å². The van der Waals surface area contributed by atoms with Gasteiger partial charge in [0.05, 0.1) is 5.52 Å². The second-order valence-electron chi connectivity index (χ2n) is 4.36. The molecule has 0 aliphatic heterocycles. The zero-order chi connectivity index (χ0) is 14.2. The van der Waals surface area contributed by atoms with E-state index in [9.17, 15) is 4.57 Å². The number of hydrogen-bond donors (Lipinski definition) is 0. The Bertz CT molecular complexity index is 824. The van der Waals surface area contributed by atoms with Crippen molar-refractivity contribution in [2.45, 2.75) is 0 Å². The van der Waals surface area contributed by atoms with Crippen LogP contribution < -0.4 is 5.44 Å². The predicted octanol–water partition coefficient (Wildman–Crippen LogP) is 3.50. The minimum Gasteiger partial charge on any atom is -0.307 e. The third kappa shape index (κ3) is 1.93. The zero-order valence-electron chi connectivity index (χ0n) is 11.2. The molecule has 0 amide bonds. The van der Waals surface area contributed by atoms with E-state index in [2.05, 4.69) is 4.98 Å². The van der Waals surface area contributed by atoms with Crippen LogP contribution in [0.2, 0.25) is 0 Å². The van der Waals surface area contributed by atoms with E-state index in [1.807, 2.05) is 48.5 Å². The molecule has 0 saturated carbocycles.